The topological polar surface area (TPSA) is 38.8 Å². The van der Waals surface area contributed by atoms with Gasteiger partial charge in [-0.25, -0.2) is 0 Å². The first-order chi connectivity index (χ1) is 11.6. The van der Waals surface area contributed by atoms with Crippen LogP contribution in [0.1, 0.15) is 60.5 Å². The average Bonchev–Trinajstić information content (AvgIpc) is 2.77. The fourth-order valence-corrected chi connectivity index (χ4v) is 3.25. The van der Waals surface area contributed by atoms with E-state index in [1.807, 2.05) is 64.6 Å². The molecule has 4 nitrogen and oxygen atoms in total. The van der Waals surface area contributed by atoms with E-state index in [2.05, 4.69) is 19.1 Å². The van der Waals surface area contributed by atoms with Crippen LogP contribution in [0, 0.1) is 0 Å². The van der Waals surface area contributed by atoms with E-state index in [1.54, 1.807) is 0 Å². The minimum atomic E-state index is -0.550. The van der Waals surface area contributed by atoms with Gasteiger partial charge in [-0.2, -0.15) is 0 Å². The third-order valence-corrected chi connectivity index (χ3v) is 5.84. The van der Waals surface area contributed by atoms with Crippen molar-refractivity contribution in [2.24, 2.45) is 0 Å². The highest BCUT2D eigenvalue weighted by atomic mass is 16.7. The Balaban J connectivity index is 2.39. The van der Waals surface area contributed by atoms with Crippen molar-refractivity contribution in [1.82, 2.24) is 4.90 Å². The van der Waals surface area contributed by atoms with Gasteiger partial charge in [0.1, 0.15) is 0 Å². The second-order valence-electron chi connectivity index (χ2n) is 8.11. The molecule has 1 fully saturated rings. The molecule has 25 heavy (non-hydrogen) atoms. The van der Waals surface area contributed by atoms with Crippen LogP contribution >= 0.6 is 0 Å². The Bertz CT molecular complexity index is 582. The predicted octanol–water partition coefficient (Wildman–Crippen LogP) is 3.83. The molecular weight excluding hydrogens is 313 g/mol. The van der Waals surface area contributed by atoms with E-state index in [-0.39, 0.29) is 5.91 Å². The number of rotatable bonds is 6. The summed E-state index contributed by atoms with van der Waals surface area (Å²) in [7, 11) is -0.473. The maximum Gasteiger partial charge on any atom is 0.469 e. The summed E-state index contributed by atoms with van der Waals surface area (Å²) in [6.07, 6.45) is 0.357. The molecule has 1 heterocycles. The highest BCUT2D eigenvalue weighted by Crippen LogP contribution is 2.44. The molecule has 0 spiro atoms. The maximum atomic E-state index is 12.9. The van der Waals surface area contributed by atoms with Crippen LogP contribution in [-0.2, 0) is 19.4 Å². The van der Waals surface area contributed by atoms with Crippen LogP contribution in [-0.4, -0.2) is 42.2 Å². The fraction of sp³-hybridized carbons (Fsp3) is 0.650. The number of benzene rings is 1. The van der Waals surface area contributed by atoms with Gasteiger partial charge in [-0.3, -0.25) is 4.79 Å². The lowest BCUT2D eigenvalue weighted by atomic mass is 9.53. The SMILES string of the molecule is CCN(CC)C(=O)C[C@@](C)(B1OC(C)(C)C(C)(C)O1)c1ccccc1. The van der Waals surface area contributed by atoms with Crippen molar-refractivity contribution in [3.8, 4) is 0 Å². The van der Waals surface area contributed by atoms with E-state index >= 15 is 0 Å². The molecule has 0 radical (unpaired) electrons. The predicted molar refractivity (Wildman–Crippen MR) is 102 cm³/mol. The molecular formula is C20H32BNO3. The monoisotopic (exact) mass is 345 g/mol. The molecule has 1 aromatic rings. The Labute approximate surface area is 153 Å². The Kier molecular flexibility index (Phi) is 5.70. The molecule has 2 rings (SSSR count). The molecule has 0 saturated carbocycles. The maximum absolute atomic E-state index is 12.9. The van der Waals surface area contributed by atoms with Gasteiger partial charge in [0.05, 0.1) is 11.2 Å². The molecule has 1 aromatic carbocycles. The number of carbonyl (C=O) groups is 1. The summed E-state index contributed by atoms with van der Waals surface area (Å²) in [5.74, 6) is 0.131. The van der Waals surface area contributed by atoms with Gasteiger partial charge in [0.25, 0.3) is 0 Å². The van der Waals surface area contributed by atoms with Crippen molar-refractivity contribution in [2.45, 2.75) is 71.4 Å². The van der Waals surface area contributed by atoms with E-state index in [1.165, 1.54) is 0 Å². The molecule has 1 aliphatic heterocycles. The van der Waals surface area contributed by atoms with Crippen LogP contribution in [0.5, 0.6) is 0 Å². The number of hydrogen-bond donors (Lipinski definition) is 0. The van der Waals surface area contributed by atoms with E-state index in [4.69, 9.17) is 9.31 Å². The van der Waals surface area contributed by atoms with Crippen molar-refractivity contribution in [1.29, 1.82) is 0 Å². The molecule has 1 atom stereocenters. The molecule has 1 saturated heterocycles. The lowest BCUT2D eigenvalue weighted by Crippen LogP contribution is -2.47. The summed E-state index contributed by atoms with van der Waals surface area (Å²) in [6.45, 7) is 15.7. The molecule has 0 aromatic heterocycles. The van der Waals surface area contributed by atoms with Crippen LogP contribution in [0.4, 0.5) is 0 Å². The van der Waals surface area contributed by atoms with Crippen LogP contribution < -0.4 is 0 Å². The quantitative estimate of drug-likeness (QED) is 0.736. The van der Waals surface area contributed by atoms with E-state index in [9.17, 15) is 4.79 Å². The fourth-order valence-electron chi connectivity index (χ4n) is 3.25. The minimum Gasteiger partial charge on any atom is -0.403 e. The molecule has 138 valence electrons. The van der Waals surface area contributed by atoms with Gasteiger partial charge < -0.3 is 14.2 Å². The first kappa shape index (κ1) is 20.0. The van der Waals surface area contributed by atoms with Crippen LogP contribution in [0.15, 0.2) is 30.3 Å². The highest BCUT2D eigenvalue weighted by Gasteiger charge is 2.59. The van der Waals surface area contributed by atoms with Gasteiger partial charge in [-0.1, -0.05) is 37.3 Å². The van der Waals surface area contributed by atoms with Gasteiger partial charge in [0, 0.05) is 24.8 Å². The molecule has 0 aliphatic carbocycles. The number of hydrogen-bond acceptors (Lipinski definition) is 3. The number of carbonyl (C=O) groups excluding carboxylic acids is 1. The van der Waals surface area contributed by atoms with Gasteiger partial charge in [-0.05, 0) is 47.1 Å². The smallest absolute Gasteiger partial charge is 0.403 e. The van der Waals surface area contributed by atoms with E-state index in [0.717, 1.165) is 5.56 Å². The zero-order valence-corrected chi connectivity index (χ0v) is 16.8. The van der Waals surface area contributed by atoms with Crippen molar-refractivity contribution in [3.05, 3.63) is 35.9 Å². The summed E-state index contributed by atoms with van der Waals surface area (Å²) in [5, 5.41) is -0.550. The summed E-state index contributed by atoms with van der Waals surface area (Å²) in [4.78, 5) is 14.8. The Morgan fingerprint density at radius 3 is 1.96 bits per heavy atom. The van der Waals surface area contributed by atoms with Crippen molar-refractivity contribution in [2.75, 3.05) is 13.1 Å². The standard InChI is InChI=1S/C20H32BNO3/c1-8-22(9-2)17(23)15-20(7,16-13-11-10-12-14-16)21-24-18(3,4)19(5,6)25-21/h10-14H,8-9,15H2,1-7H3/t20-/m1/s1. The lowest BCUT2D eigenvalue weighted by Gasteiger charge is -2.33. The van der Waals surface area contributed by atoms with Gasteiger partial charge >= 0.3 is 7.12 Å². The largest absolute Gasteiger partial charge is 0.469 e. The Morgan fingerprint density at radius 2 is 1.52 bits per heavy atom. The van der Waals surface area contributed by atoms with Crippen LogP contribution in [0.25, 0.3) is 0 Å². The molecule has 5 heteroatoms. The highest BCUT2D eigenvalue weighted by molar-refractivity contribution is 6.50. The minimum absolute atomic E-state index is 0.131. The molecule has 0 N–H and O–H groups in total. The zero-order valence-electron chi connectivity index (χ0n) is 16.8. The van der Waals surface area contributed by atoms with Crippen molar-refractivity contribution in [3.63, 3.8) is 0 Å². The number of amides is 1. The summed E-state index contributed by atoms with van der Waals surface area (Å²) < 4.78 is 12.7. The average molecular weight is 345 g/mol. The van der Waals surface area contributed by atoms with Gasteiger partial charge in [-0.15, -0.1) is 0 Å². The first-order valence-electron chi connectivity index (χ1n) is 9.26. The third kappa shape index (κ3) is 3.77. The van der Waals surface area contributed by atoms with Crippen LogP contribution in [0.2, 0.25) is 0 Å². The zero-order chi connectivity index (χ0) is 18.9. The molecule has 1 aliphatic rings. The third-order valence-electron chi connectivity index (χ3n) is 5.84. The first-order valence-corrected chi connectivity index (χ1v) is 9.26. The second-order valence-corrected chi connectivity index (χ2v) is 8.11. The molecule has 1 amide bonds. The lowest BCUT2D eigenvalue weighted by molar-refractivity contribution is -0.131. The Hall–Kier alpha value is -1.33. The van der Waals surface area contributed by atoms with E-state index in [0.29, 0.717) is 19.5 Å². The van der Waals surface area contributed by atoms with Crippen molar-refractivity contribution < 1.29 is 14.1 Å². The second kappa shape index (κ2) is 7.12. The van der Waals surface area contributed by atoms with Crippen LogP contribution in [0.3, 0.4) is 0 Å². The van der Waals surface area contributed by atoms with Crippen molar-refractivity contribution >= 4 is 13.0 Å². The Morgan fingerprint density at radius 1 is 1.04 bits per heavy atom. The summed E-state index contributed by atoms with van der Waals surface area (Å²) in [6, 6.07) is 10.1. The molecule has 0 bridgehead atoms. The molecule has 0 unspecified atom stereocenters. The van der Waals surface area contributed by atoms with Gasteiger partial charge in [0.2, 0.25) is 5.91 Å². The summed E-state index contributed by atoms with van der Waals surface area (Å²) in [5.41, 5.74) is 0.215. The summed E-state index contributed by atoms with van der Waals surface area (Å²) >= 11 is 0. The van der Waals surface area contributed by atoms with E-state index < -0.39 is 23.6 Å². The van der Waals surface area contributed by atoms with Gasteiger partial charge in [0.15, 0.2) is 0 Å². The number of nitrogens with zero attached hydrogens (tertiary/aromatic N) is 1. The normalized spacial score (nSPS) is 21.0.